The normalized spacial score (nSPS) is 15.5. The molecule has 0 amide bonds. The summed E-state index contributed by atoms with van der Waals surface area (Å²) < 4.78 is 4.91. The lowest BCUT2D eigenvalue weighted by molar-refractivity contribution is -0.152. The van der Waals surface area contributed by atoms with Crippen LogP contribution in [-0.4, -0.2) is 31.3 Å². The number of carboxylic acids is 1. The second kappa shape index (κ2) is 5.98. The van der Waals surface area contributed by atoms with Crippen molar-refractivity contribution in [3.05, 3.63) is 0 Å². The largest absolute Gasteiger partial charge is 0.481 e. The summed E-state index contributed by atoms with van der Waals surface area (Å²) in [7, 11) is 1.61. The summed E-state index contributed by atoms with van der Waals surface area (Å²) in [5, 5.41) is 9.17. The highest BCUT2D eigenvalue weighted by atomic mass is 16.5. The van der Waals surface area contributed by atoms with E-state index in [0.29, 0.717) is 13.0 Å². The standard InChI is InChI=1S/C10H21NO3/c1-8(2)10(7-11,9(12)13)5-4-6-14-3/h8H,4-7,11H2,1-3H3,(H,12,13). The Hall–Kier alpha value is -0.610. The average Bonchev–Trinajstić information content (AvgIpc) is 2.11. The smallest absolute Gasteiger partial charge is 0.311 e. The van der Waals surface area contributed by atoms with Crippen molar-refractivity contribution in [2.24, 2.45) is 17.1 Å². The lowest BCUT2D eigenvalue weighted by Gasteiger charge is -2.31. The molecule has 1 unspecified atom stereocenters. The number of nitrogens with two attached hydrogens (primary N) is 1. The van der Waals surface area contributed by atoms with Gasteiger partial charge < -0.3 is 15.6 Å². The lowest BCUT2D eigenvalue weighted by Crippen LogP contribution is -2.43. The minimum Gasteiger partial charge on any atom is -0.481 e. The Morgan fingerprint density at radius 2 is 2.14 bits per heavy atom. The van der Waals surface area contributed by atoms with Crippen molar-refractivity contribution >= 4 is 5.97 Å². The van der Waals surface area contributed by atoms with E-state index in [4.69, 9.17) is 10.5 Å². The van der Waals surface area contributed by atoms with Gasteiger partial charge in [0.15, 0.2) is 0 Å². The second-order valence-electron chi connectivity index (χ2n) is 3.92. The monoisotopic (exact) mass is 203 g/mol. The molecule has 0 saturated carbocycles. The molecular formula is C10H21NO3. The van der Waals surface area contributed by atoms with Crippen LogP contribution in [0.3, 0.4) is 0 Å². The fraction of sp³-hybridized carbons (Fsp3) is 0.900. The molecule has 0 aromatic carbocycles. The molecular weight excluding hydrogens is 182 g/mol. The molecule has 3 N–H and O–H groups in total. The van der Waals surface area contributed by atoms with Crippen LogP contribution in [0.25, 0.3) is 0 Å². The van der Waals surface area contributed by atoms with Gasteiger partial charge in [0.05, 0.1) is 5.41 Å². The van der Waals surface area contributed by atoms with Gasteiger partial charge in [0.2, 0.25) is 0 Å². The van der Waals surface area contributed by atoms with Crippen molar-refractivity contribution in [2.75, 3.05) is 20.3 Å². The number of hydrogen-bond acceptors (Lipinski definition) is 3. The van der Waals surface area contributed by atoms with E-state index in [0.717, 1.165) is 6.42 Å². The molecule has 0 aliphatic rings. The SMILES string of the molecule is COCCCC(CN)(C(=O)O)C(C)C. The van der Waals surface area contributed by atoms with Crippen molar-refractivity contribution in [1.29, 1.82) is 0 Å². The molecule has 0 aliphatic heterocycles. The van der Waals surface area contributed by atoms with E-state index in [9.17, 15) is 9.90 Å². The molecule has 0 aromatic rings. The number of methoxy groups -OCH3 is 1. The highest BCUT2D eigenvalue weighted by molar-refractivity contribution is 5.75. The van der Waals surface area contributed by atoms with Gasteiger partial charge in [-0.2, -0.15) is 0 Å². The Bertz CT molecular complexity index is 182. The first-order valence-electron chi connectivity index (χ1n) is 4.93. The van der Waals surface area contributed by atoms with E-state index in [1.54, 1.807) is 7.11 Å². The van der Waals surface area contributed by atoms with Crippen LogP contribution in [0.2, 0.25) is 0 Å². The fourth-order valence-electron chi connectivity index (χ4n) is 1.60. The van der Waals surface area contributed by atoms with Crippen molar-refractivity contribution < 1.29 is 14.6 Å². The van der Waals surface area contributed by atoms with Crippen LogP contribution < -0.4 is 5.73 Å². The van der Waals surface area contributed by atoms with Gasteiger partial charge in [-0.1, -0.05) is 13.8 Å². The third kappa shape index (κ3) is 2.96. The second-order valence-corrected chi connectivity index (χ2v) is 3.92. The van der Waals surface area contributed by atoms with Crippen LogP contribution in [-0.2, 0) is 9.53 Å². The molecule has 0 spiro atoms. The molecule has 0 radical (unpaired) electrons. The quantitative estimate of drug-likeness (QED) is 0.608. The zero-order chi connectivity index (χ0) is 11.2. The van der Waals surface area contributed by atoms with Crippen molar-refractivity contribution in [1.82, 2.24) is 0 Å². The first-order valence-corrected chi connectivity index (χ1v) is 4.93. The maximum Gasteiger partial charge on any atom is 0.311 e. The molecule has 84 valence electrons. The van der Waals surface area contributed by atoms with Crippen molar-refractivity contribution in [2.45, 2.75) is 26.7 Å². The summed E-state index contributed by atoms with van der Waals surface area (Å²) in [5.74, 6) is -0.757. The predicted molar refractivity (Wildman–Crippen MR) is 55.1 cm³/mol. The third-order valence-electron chi connectivity index (χ3n) is 2.87. The molecule has 0 aromatic heterocycles. The molecule has 0 aliphatic carbocycles. The number of rotatable bonds is 7. The van der Waals surface area contributed by atoms with E-state index >= 15 is 0 Å². The topological polar surface area (TPSA) is 72.5 Å². The Morgan fingerprint density at radius 3 is 2.43 bits per heavy atom. The molecule has 0 rings (SSSR count). The number of hydrogen-bond donors (Lipinski definition) is 2. The molecule has 1 atom stereocenters. The van der Waals surface area contributed by atoms with Gasteiger partial charge in [-0.25, -0.2) is 0 Å². The van der Waals surface area contributed by atoms with Gasteiger partial charge in [0.25, 0.3) is 0 Å². The molecule has 0 fully saturated rings. The average molecular weight is 203 g/mol. The molecule has 0 heterocycles. The van der Waals surface area contributed by atoms with Gasteiger partial charge in [-0.15, -0.1) is 0 Å². The van der Waals surface area contributed by atoms with E-state index in [-0.39, 0.29) is 12.5 Å². The van der Waals surface area contributed by atoms with Crippen LogP contribution in [0.5, 0.6) is 0 Å². The molecule has 0 bridgehead atoms. The first-order chi connectivity index (χ1) is 6.51. The van der Waals surface area contributed by atoms with Crippen LogP contribution in [0, 0.1) is 11.3 Å². The Labute approximate surface area is 85.4 Å². The van der Waals surface area contributed by atoms with Gasteiger partial charge in [-0.3, -0.25) is 4.79 Å². The van der Waals surface area contributed by atoms with Crippen LogP contribution >= 0.6 is 0 Å². The number of carbonyl (C=O) groups is 1. The van der Waals surface area contributed by atoms with Gasteiger partial charge in [-0.05, 0) is 18.8 Å². The maximum absolute atomic E-state index is 11.2. The van der Waals surface area contributed by atoms with Gasteiger partial charge in [0.1, 0.15) is 0 Å². The summed E-state index contributed by atoms with van der Waals surface area (Å²) in [6.45, 7) is 4.56. The summed E-state index contributed by atoms with van der Waals surface area (Å²) >= 11 is 0. The molecule has 0 saturated heterocycles. The number of carboxylic acid groups (broad SMARTS) is 1. The molecule has 14 heavy (non-hydrogen) atoms. The van der Waals surface area contributed by atoms with E-state index in [1.807, 2.05) is 13.8 Å². The minimum absolute atomic E-state index is 0.0434. The minimum atomic E-state index is -0.800. The summed E-state index contributed by atoms with van der Waals surface area (Å²) in [6, 6.07) is 0. The summed E-state index contributed by atoms with van der Waals surface area (Å²) in [6.07, 6.45) is 1.31. The summed E-state index contributed by atoms with van der Waals surface area (Å²) in [5.41, 5.74) is 4.78. The zero-order valence-corrected chi connectivity index (χ0v) is 9.25. The van der Waals surface area contributed by atoms with Crippen molar-refractivity contribution in [3.8, 4) is 0 Å². The van der Waals surface area contributed by atoms with E-state index in [1.165, 1.54) is 0 Å². The van der Waals surface area contributed by atoms with Crippen LogP contribution in [0.1, 0.15) is 26.7 Å². The maximum atomic E-state index is 11.2. The molecule has 4 nitrogen and oxygen atoms in total. The van der Waals surface area contributed by atoms with Gasteiger partial charge in [0, 0.05) is 20.3 Å². The Kier molecular flexibility index (Phi) is 5.72. The highest BCUT2D eigenvalue weighted by Gasteiger charge is 2.39. The zero-order valence-electron chi connectivity index (χ0n) is 9.25. The Morgan fingerprint density at radius 1 is 1.57 bits per heavy atom. The third-order valence-corrected chi connectivity index (χ3v) is 2.87. The van der Waals surface area contributed by atoms with Crippen molar-refractivity contribution in [3.63, 3.8) is 0 Å². The van der Waals surface area contributed by atoms with Crippen LogP contribution in [0.15, 0.2) is 0 Å². The summed E-state index contributed by atoms with van der Waals surface area (Å²) in [4.78, 5) is 11.2. The number of ether oxygens (including phenoxy) is 1. The first kappa shape index (κ1) is 13.4. The van der Waals surface area contributed by atoms with E-state index in [2.05, 4.69) is 0 Å². The number of aliphatic carboxylic acids is 1. The Balaban J connectivity index is 4.43. The molecule has 4 heteroatoms. The fourth-order valence-corrected chi connectivity index (χ4v) is 1.60. The van der Waals surface area contributed by atoms with Crippen LogP contribution in [0.4, 0.5) is 0 Å². The highest BCUT2D eigenvalue weighted by Crippen LogP contribution is 2.32. The lowest BCUT2D eigenvalue weighted by atomic mass is 9.74. The predicted octanol–water partition coefficient (Wildman–Crippen LogP) is 1.10. The van der Waals surface area contributed by atoms with Gasteiger partial charge >= 0.3 is 5.97 Å². The van der Waals surface area contributed by atoms with E-state index < -0.39 is 11.4 Å².